The third-order valence-electron chi connectivity index (χ3n) is 4.99. The van der Waals surface area contributed by atoms with Crippen molar-refractivity contribution in [2.45, 2.75) is 25.8 Å². The predicted molar refractivity (Wildman–Crippen MR) is 102 cm³/mol. The minimum Gasteiger partial charge on any atom is -0.361 e. The molecule has 1 aliphatic heterocycles. The summed E-state index contributed by atoms with van der Waals surface area (Å²) in [6, 6.07) is 15.7. The molecule has 1 atom stereocenters. The van der Waals surface area contributed by atoms with Gasteiger partial charge in [0.1, 0.15) is 0 Å². The van der Waals surface area contributed by atoms with Crippen molar-refractivity contribution < 1.29 is 9.59 Å². The van der Waals surface area contributed by atoms with Crippen molar-refractivity contribution in [3.8, 4) is 0 Å². The fourth-order valence-electron chi connectivity index (χ4n) is 3.74. The highest BCUT2D eigenvalue weighted by Crippen LogP contribution is 2.33. The molecule has 0 saturated carbocycles. The molecule has 2 heterocycles. The molecule has 0 spiro atoms. The Bertz CT molecular complexity index is 976. The van der Waals surface area contributed by atoms with E-state index in [-0.39, 0.29) is 17.9 Å². The smallest absolute Gasteiger partial charge is 0.224 e. The number of hydrogen-bond acceptors (Lipinski definition) is 2. The summed E-state index contributed by atoms with van der Waals surface area (Å²) in [7, 11) is 0. The van der Waals surface area contributed by atoms with E-state index in [1.54, 1.807) is 11.8 Å². The Morgan fingerprint density at radius 2 is 1.92 bits per heavy atom. The van der Waals surface area contributed by atoms with Crippen LogP contribution in [0.1, 0.15) is 30.5 Å². The number of carbonyl (C=O) groups excluding carboxylic acids is 2. The van der Waals surface area contributed by atoms with Gasteiger partial charge >= 0.3 is 0 Å². The summed E-state index contributed by atoms with van der Waals surface area (Å²) in [4.78, 5) is 29.5. The van der Waals surface area contributed by atoms with Crippen LogP contribution in [-0.2, 0) is 16.0 Å². The highest BCUT2D eigenvalue weighted by atomic mass is 16.2. The molecule has 26 heavy (non-hydrogen) atoms. The van der Waals surface area contributed by atoms with Gasteiger partial charge in [0.2, 0.25) is 11.8 Å². The Morgan fingerprint density at radius 3 is 2.77 bits per heavy atom. The molecule has 4 rings (SSSR count). The zero-order valence-corrected chi connectivity index (χ0v) is 14.7. The molecule has 2 amide bonds. The molecule has 0 aliphatic carbocycles. The molecule has 3 aromatic rings. The van der Waals surface area contributed by atoms with Gasteiger partial charge < -0.3 is 15.2 Å². The van der Waals surface area contributed by atoms with Crippen molar-refractivity contribution in [1.82, 2.24) is 10.3 Å². The Kier molecular flexibility index (Phi) is 4.21. The zero-order valence-electron chi connectivity index (χ0n) is 14.7. The molecule has 5 nitrogen and oxygen atoms in total. The fourth-order valence-corrected chi connectivity index (χ4v) is 3.74. The van der Waals surface area contributed by atoms with Crippen LogP contribution in [0.3, 0.4) is 0 Å². The van der Waals surface area contributed by atoms with Crippen LogP contribution >= 0.6 is 0 Å². The van der Waals surface area contributed by atoms with Crippen molar-refractivity contribution in [3.05, 3.63) is 65.9 Å². The minimum absolute atomic E-state index is 0.00849. The number of amides is 2. The quantitative estimate of drug-likeness (QED) is 0.763. The maximum absolute atomic E-state index is 12.6. The summed E-state index contributed by atoms with van der Waals surface area (Å²) >= 11 is 0. The molecule has 1 aromatic heterocycles. The third-order valence-corrected chi connectivity index (χ3v) is 4.99. The van der Waals surface area contributed by atoms with Gasteiger partial charge in [-0.05, 0) is 29.7 Å². The van der Waals surface area contributed by atoms with E-state index < -0.39 is 0 Å². The van der Waals surface area contributed by atoms with Crippen LogP contribution in [0, 0.1) is 0 Å². The minimum atomic E-state index is -0.0699. The van der Waals surface area contributed by atoms with Crippen LogP contribution in [0.25, 0.3) is 10.9 Å². The van der Waals surface area contributed by atoms with E-state index in [4.69, 9.17) is 0 Å². The number of H-pyrrole nitrogens is 1. The van der Waals surface area contributed by atoms with E-state index >= 15 is 0 Å². The molecular formula is C21H21N3O2. The van der Waals surface area contributed by atoms with Crippen molar-refractivity contribution >= 4 is 28.4 Å². The first-order chi connectivity index (χ1) is 12.6. The second-order valence-corrected chi connectivity index (χ2v) is 6.67. The van der Waals surface area contributed by atoms with E-state index in [2.05, 4.69) is 10.3 Å². The first kappa shape index (κ1) is 16.4. The van der Waals surface area contributed by atoms with Crippen LogP contribution in [0.15, 0.2) is 54.7 Å². The Labute approximate surface area is 152 Å². The molecule has 0 fully saturated rings. The van der Waals surface area contributed by atoms with Gasteiger partial charge in [0.05, 0.1) is 12.5 Å². The summed E-state index contributed by atoms with van der Waals surface area (Å²) in [6.45, 7) is 2.19. The van der Waals surface area contributed by atoms with Crippen molar-refractivity contribution in [1.29, 1.82) is 0 Å². The molecule has 1 unspecified atom stereocenters. The first-order valence-corrected chi connectivity index (χ1v) is 8.85. The summed E-state index contributed by atoms with van der Waals surface area (Å²) in [5.74, 6) is 0.0202. The average Bonchev–Trinajstić information content (AvgIpc) is 3.05. The number of hydrogen-bond donors (Lipinski definition) is 2. The van der Waals surface area contributed by atoms with Gasteiger partial charge in [-0.25, -0.2) is 0 Å². The molecule has 2 aromatic carbocycles. The van der Waals surface area contributed by atoms with Crippen LogP contribution in [0.2, 0.25) is 0 Å². The number of anilines is 1. The number of aromatic nitrogens is 1. The summed E-state index contributed by atoms with van der Waals surface area (Å²) < 4.78 is 0. The summed E-state index contributed by atoms with van der Waals surface area (Å²) in [5, 5.41) is 4.22. The van der Waals surface area contributed by atoms with Gasteiger partial charge in [-0.3, -0.25) is 9.59 Å². The highest BCUT2D eigenvalue weighted by Gasteiger charge is 2.27. The van der Waals surface area contributed by atoms with E-state index in [1.165, 1.54) is 0 Å². The van der Waals surface area contributed by atoms with Gasteiger partial charge in [-0.15, -0.1) is 0 Å². The van der Waals surface area contributed by atoms with E-state index in [9.17, 15) is 9.59 Å². The molecule has 0 saturated heterocycles. The molecule has 0 radical (unpaired) electrons. The summed E-state index contributed by atoms with van der Waals surface area (Å²) in [6.07, 6.45) is 2.95. The van der Waals surface area contributed by atoms with E-state index in [1.807, 2.05) is 54.7 Å². The van der Waals surface area contributed by atoms with Gasteiger partial charge in [0, 0.05) is 36.3 Å². The third kappa shape index (κ3) is 2.96. The highest BCUT2D eigenvalue weighted by molar-refractivity contribution is 5.93. The number of rotatable bonds is 3. The molecular weight excluding hydrogens is 326 g/mol. The topological polar surface area (TPSA) is 65.2 Å². The normalized spacial score (nSPS) is 16.3. The van der Waals surface area contributed by atoms with Crippen molar-refractivity contribution in [2.75, 3.05) is 11.4 Å². The van der Waals surface area contributed by atoms with Gasteiger partial charge in [0.15, 0.2) is 0 Å². The van der Waals surface area contributed by atoms with Crippen molar-refractivity contribution in [2.24, 2.45) is 0 Å². The Balaban J connectivity index is 1.53. The van der Waals surface area contributed by atoms with Crippen LogP contribution in [-0.4, -0.2) is 23.3 Å². The van der Waals surface area contributed by atoms with Crippen LogP contribution < -0.4 is 10.2 Å². The fraction of sp³-hybridized carbons (Fsp3) is 0.238. The molecule has 5 heteroatoms. The van der Waals surface area contributed by atoms with Crippen LogP contribution in [0.4, 0.5) is 5.69 Å². The number of carbonyl (C=O) groups is 2. The number of benzene rings is 2. The second kappa shape index (κ2) is 6.67. The molecule has 132 valence electrons. The lowest BCUT2D eigenvalue weighted by Gasteiger charge is -2.34. The molecule has 1 aliphatic rings. The van der Waals surface area contributed by atoms with E-state index in [0.29, 0.717) is 13.0 Å². The number of aromatic amines is 1. The second-order valence-electron chi connectivity index (χ2n) is 6.67. The largest absolute Gasteiger partial charge is 0.361 e. The predicted octanol–water partition coefficient (Wildman–Crippen LogP) is 3.32. The van der Waals surface area contributed by atoms with Gasteiger partial charge in [0.25, 0.3) is 0 Å². The Hall–Kier alpha value is -3.08. The number of fused-ring (bicyclic) bond motifs is 2. The number of nitrogens with one attached hydrogen (secondary N) is 2. The lowest BCUT2D eigenvalue weighted by molar-refractivity contribution is -0.121. The van der Waals surface area contributed by atoms with Crippen molar-refractivity contribution in [3.63, 3.8) is 0 Å². The number of para-hydroxylation sites is 2. The SMILES string of the molecule is CC(=O)N1CCC(NC(=O)Cc2c[nH]c3ccccc23)c2ccccc21. The lowest BCUT2D eigenvalue weighted by Crippen LogP contribution is -2.40. The molecule has 0 bridgehead atoms. The lowest BCUT2D eigenvalue weighted by atomic mass is 9.96. The van der Waals surface area contributed by atoms with Gasteiger partial charge in [-0.2, -0.15) is 0 Å². The average molecular weight is 347 g/mol. The monoisotopic (exact) mass is 347 g/mol. The molecule has 2 N–H and O–H groups in total. The summed E-state index contributed by atoms with van der Waals surface area (Å²) in [5.41, 5.74) is 3.92. The standard InChI is InChI=1S/C21H21N3O2/c1-14(25)24-11-10-19(17-7-3-5-9-20(17)24)23-21(26)12-15-13-22-18-8-4-2-6-16(15)18/h2-9,13,19,22H,10-12H2,1H3,(H,23,26). The maximum atomic E-state index is 12.6. The van der Waals surface area contributed by atoms with E-state index in [0.717, 1.165) is 34.1 Å². The van der Waals surface area contributed by atoms with Gasteiger partial charge in [-0.1, -0.05) is 36.4 Å². The maximum Gasteiger partial charge on any atom is 0.224 e. The van der Waals surface area contributed by atoms with Crippen LogP contribution in [0.5, 0.6) is 0 Å². The first-order valence-electron chi connectivity index (χ1n) is 8.85. The Morgan fingerprint density at radius 1 is 1.15 bits per heavy atom. The number of nitrogens with zero attached hydrogens (tertiary/aromatic N) is 1. The zero-order chi connectivity index (χ0) is 18.1.